The minimum atomic E-state index is -5.82. The molecule has 7 nitrogen and oxygen atoms in total. The van der Waals surface area contributed by atoms with E-state index in [1.165, 1.54) is 20.3 Å². The quantitative estimate of drug-likeness (QED) is 0.360. The first kappa shape index (κ1) is 19.8. The molecule has 1 rings (SSSR count). The van der Waals surface area contributed by atoms with Gasteiger partial charge in [0, 0.05) is 26.4 Å². The lowest BCUT2D eigenvalue weighted by Crippen LogP contribution is -2.28. The minimum Gasteiger partial charge on any atom is -0.464 e. The van der Waals surface area contributed by atoms with Crippen molar-refractivity contribution in [2.45, 2.75) is 5.51 Å². The molecule has 0 N–H and O–H groups in total. The normalized spacial score (nSPS) is 12.1. The van der Waals surface area contributed by atoms with Gasteiger partial charge in [-0.3, -0.25) is 0 Å². The Balaban J connectivity index is 3.18. The van der Waals surface area contributed by atoms with Gasteiger partial charge >= 0.3 is 15.6 Å². The Morgan fingerprint density at radius 2 is 1.48 bits per heavy atom. The average molecular weight is 425 g/mol. The fraction of sp³-hybridized carbons (Fsp3) is 0.455. The number of rotatable bonds is 8. The van der Waals surface area contributed by atoms with E-state index >= 15 is 0 Å². The van der Waals surface area contributed by atoms with E-state index in [1.54, 1.807) is 0 Å². The third kappa shape index (κ3) is 5.41. The van der Waals surface area contributed by atoms with Gasteiger partial charge in [-0.1, -0.05) is 0 Å². The van der Waals surface area contributed by atoms with Gasteiger partial charge in [0.05, 0.1) is 4.47 Å². The second kappa shape index (κ2) is 8.04. The maximum Gasteiger partial charge on any atom is 0.534 e. The lowest BCUT2D eigenvalue weighted by atomic mass is 10.3. The summed E-state index contributed by atoms with van der Waals surface area (Å²) in [4.78, 5) is 0. The Morgan fingerprint density at radius 3 is 1.91 bits per heavy atom. The van der Waals surface area contributed by atoms with Crippen molar-refractivity contribution >= 4 is 26.0 Å². The molecule has 0 atom stereocenters. The second-order valence-corrected chi connectivity index (χ2v) is 6.21. The van der Waals surface area contributed by atoms with Crippen LogP contribution in [0.3, 0.4) is 0 Å². The fourth-order valence-electron chi connectivity index (χ4n) is 1.22. The lowest BCUT2D eigenvalue weighted by Gasteiger charge is -2.15. The first-order valence-corrected chi connectivity index (χ1v) is 7.90. The van der Waals surface area contributed by atoms with E-state index in [0.717, 1.165) is 6.07 Å². The molecule has 0 aliphatic rings. The van der Waals surface area contributed by atoms with Crippen molar-refractivity contribution in [3.63, 3.8) is 0 Å². The standard InChI is InChI=1S/C11H12BrF3O7S/c1-18-5-20-9-3-7(12)8(4-10(9)21-6-19-2)22-23(16,17)11(13,14)15/h3-4H,5-6H2,1-2H3. The molecule has 0 radical (unpaired) electrons. The zero-order chi connectivity index (χ0) is 17.7. The van der Waals surface area contributed by atoms with Gasteiger partial charge in [-0.05, 0) is 15.9 Å². The Kier molecular flexibility index (Phi) is 6.92. The second-order valence-electron chi connectivity index (χ2n) is 3.81. The van der Waals surface area contributed by atoms with Gasteiger partial charge < -0.3 is 23.1 Å². The molecule has 132 valence electrons. The molecule has 0 unspecified atom stereocenters. The first-order valence-electron chi connectivity index (χ1n) is 5.70. The molecule has 0 saturated heterocycles. The molecule has 0 aromatic heterocycles. The summed E-state index contributed by atoms with van der Waals surface area (Å²) in [6.45, 7) is -0.423. The van der Waals surface area contributed by atoms with E-state index in [0.29, 0.717) is 0 Å². The lowest BCUT2D eigenvalue weighted by molar-refractivity contribution is -0.0500. The topological polar surface area (TPSA) is 80.3 Å². The Labute approximate surface area is 138 Å². The SMILES string of the molecule is COCOc1cc(Br)c(OS(=O)(=O)C(F)(F)F)cc1OCOC. The molecule has 0 amide bonds. The Bertz CT molecular complexity index is 633. The Morgan fingerprint density at radius 1 is 1.00 bits per heavy atom. The highest BCUT2D eigenvalue weighted by molar-refractivity contribution is 9.10. The molecule has 0 aliphatic heterocycles. The van der Waals surface area contributed by atoms with Gasteiger partial charge in [0.25, 0.3) is 0 Å². The van der Waals surface area contributed by atoms with Crippen molar-refractivity contribution < 1.29 is 44.7 Å². The monoisotopic (exact) mass is 424 g/mol. The molecule has 23 heavy (non-hydrogen) atoms. The van der Waals surface area contributed by atoms with Crippen molar-refractivity contribution in [1.82, 2.24) is 0 Å². The molecular formula is C11H12BrF3O7S. The number of hydrogen-bond donors (Lipinski definition) is 0. The zero-order valence-electron chi connectivity index (χ0n) is 11.8. The van der Waals surface area contributed by atoms with Gasteiger partial charge in [0.15, 0.2) is 30.8 Å². The van der Waals surface area contributed by atoms with Crippen molar-refractivity contribution in [2.75, 3.05) is 27.8 Å². The van der Waals surface area contributed by atoms with Gasteiger partial charge in [-0.15, -0.1) is 0 Å². The van der Waals surface area contributed by atoms with Gasteiger partial charge in [0.2, 0.25) is 0 Å². The van der Waals surface area contributed by atoms with Crippen LogP contribution >= 0.6 is 15.9 Å². The molecule has 0 saturated carbocycles. The smallest absolute Gasteiger partial charge is 0.464 e. The van der Waals surface area contributed by atoms with E-state index in [4.69, 9.17) is 14.2 Å². The third-order valence-electron chi connectivity index (χ3n) is 2.15. The van der Waals surface area contributed by atoms with E-state index < -0.39 is 21.4 Å². The van der Waals surface area contributed by atoms with Crippen LogP contribution in [0.1, 0.15) is 0 Å². The van der Waals surface area contributed by atoms with Gasteiger partial charge in [-0.25, -0.2) is 0 Å². The number of ether oxygens (including phenoxy) is 4. The number of halogens is 4. The van der Waals surface area contributed by atoms with Crippen LogP contribution in [-0.2, 0) is 19.6 Å². The maximum absolute atomic E-state index is 12.4. The van der Waals surface area contributed by atoms with Crippen molar-refractivity contribution in [3.05, 3.63) is 16.6 Å². The highest BCUT2D eigenvalue weighted by atomic mass is 79.9. The van der Waals surface area contributed by atoms with Crippen LogP contribution in [0.15, 0.2) is 16.6 Å². The van der Waals surface area contributed by atoms with Crippen LogP contribution in [0, 0.1) is 0 Å². The van der Waals surface area contributed by atoms with Crippen LogP contribution in [0.25, 0.3) is 0 Å². The average Bonchev–Trinajstić information content (AvgIpc) is 2.44. The third-order valence-corrected chi connectivity index (χ3v) is 3.73. The van der Waals surface area contributed by atoms with Crippen LogP contribution in [-0.4, -0.2) is 41.7 Å². The first-order chi connectivity index (χ1) is 10.6. The summed E-state index contributed by atoms with van der Waals surface area (Å²) in [5, 5.41) is 0. The van der Waals surface area contributed by atoms with E-state index in [9.17, 15) is 21.6 Å². The van der Waals surface area contributed by atoms with Crippen molar-refractivity contribution in [2.24, 2.45) is 0 Å². The summed E-state index contributed by atoms with van der Waals surface area (Å²) in [6, 6.07) is 2.09. The number of methoxy groups -OCH3 is 2. The molecule has 0 bridgehead atoms. The highest BCUT2D eigenvalue weighted by Crippen LogP contribution is 2.40. The van der Waals surface area contributed by atoms with Gasteiger partial charge in [-0.2, -0.15) is 21.6 Å². The molecule has 1 aromatic rings. The molecular weight excluding hydrogens is 413 g/mol. The molecule has 12 heteroatoms. The van der Waals surface area contributed by atoms with Gasteiger partial charge in [0.1, 0.15) is 0 Å². The Hall–Kier alpha value is -1.24. The van der Waals surface area contributed by atoms with E-state index in [1.807, 2.05) is 0 Å². The van der Waals surface area contributed by atoms with E-state index in [2.05, 4.69) is 24.8 Å². The number of alkyl halides is 3. The fourth-order valence-corrected chi connectivity index (χ4v) is 2.20. The van der Waals surface area contributed by atoms with Crippen LogP contribution in [0.5, 0.6) is 17.2 Å². The highest BCUT2D eigenvalue weighted by Gasteiger charge is 2.48. The predicted molar refractivity (Wildman–Crippen MR) is 74.8 cm³/mol. The molecule has 0 aliphatic carbocycles. The minimum absolute atomic E-state index is 0.0764. The molecule has 0 fully saturated rings. The summed E-state index contributed by atoms with van der Waals surface area (Å²) in [5.41, 5.74) is -5.56. The van der Waals surface area contributed by atoms with Crippen LogP contribution in [0.2, 0.25) is 0 Å². The summed E-state index contributed by atoms with van der Waals surface area (Å²) >= 11 is 2.90. The van der Waals surface area contributed by atoms with Crippen LogP contribution in [0.4, 0.5) is 13.2 Å². The summed E-state index contributed by atoms with van der Waals surface area (Å²) in [6.07, 6.45) is 0. The largest absolute Gasteiger partial charge is 0.534 e. The van der Waals surface area contributed by atoms with Crippen LogP contribution < -0.4 is 13.7 Å². The van der Waals surface area contributed by atoms with Crippen molar-refractivity contribution in [1.29, 1.82) is 0 Å². The van der Waals surface area contributed by atoms with E-state index in [-0.39, 0.29) is 29.6 Å². The molecule has 0 heterocycles. The maximum atomic E-state index is 12.4. The summed E-state index contributed by atoms with van der Waals surface area (Å²) in [7, 11) is -3.14. The zero-order valence-corrected chi connectivity index (χ0v) is 14.2. The number of benzene rings is 1. The molecule has 1 aromatic carbocycles. The summed E-state index contributed by atoms with van der Waals surface area (Å²) < 4.78 is 82.9. The summed E-state index contributed by atoms with van der Waals surface area (Å²) in [5.74, 6) is -0.648. The predicted octanol–water partition coefficient (Wildman–Crippen LogP) is 2.64. The van der Waals surface area contributed by atoms with Crippen molar-refractivity contribution in [3.8, 4) is 17.2 Å². The molecule has 0 spiro atoms. The number of hydrogen-bond acceptors (Lipinski definition) is 7.